The molecule has 0 spiro atoms. The number of anilines is 1. The van der Waals surface area contributed by atoms with Crippen LogP contribution >= 0.6 is 15.9 Å². The molecule has 88 valence electrons. The fourth-order valence-corrected chi connectivity index (χ4v) is 2.24. The number of hydrogen-bond acceptors (Lipinski definition) is 2. The topological polar surface area (TPSA) is 15.3 Å². The number of para-hydroxylation sites is 1. The second kappa shape index (κ2) is 5.69. The zero-order chi connectivity index (χ0) is 11.4. The Morgan fingerprint density at radius 1 is 1.38 bits per heavy atom. The largest absolute Gasteiger partial charge is 0.383 e. The van der Waals surface area contributed by atoms with E-state index in [1.165, 1.54) is 25.1 Å². The fourth-order valence-electron chi connectivity index (χ4n) is 1.82. The molecule has 0 unspecified atom stereocenters. The molecule has 1 aromatic carbocycles. The lowest BCUT2D eigenvalue weighted by Crippen LogP contribution is -2.27. The molecule has 1 aliphatic carbocycles. The van der Waals surface area contributed by atoms with Gasteiger partial charge in [-0.05, 0) is 53.9 Å². The zero-order valence-electron chi connectivity index (χ0n) is 9.75. The molecule has 16 heavy (non-hydrogen) atoms. The lowest BCUT2D eigenvalue weighted by Gasteiger charge is -2.17. The predicted molar refractivity (Wildman–Crippen MR) is 72.9 cm³/mol. The van der Waals surface area contributed by atoms with E-state index in [0.717, 1.165) is 23.5 Å². The molecule has 0 saturated heterocycles. The maximum absolute atomic E-state index is 3.54. The highest BCUT2D eigenvalue weighted by Crippen LogP contribution is 2.29. The first-order chi connectivity index (χ1) is 7.75. The van der Waals surface area contributed by atoms with Crippen molar-refractivity contribution in [2.45, 2.75) is 12.8 Å². The molecule has 1 saturated carbocycles. The fraction of sp³-hybridized carbons (Fsp3) is 0.538. The molecule has 0 aliphatic heterocycles. The van der Waals surface area contributed by atoms with E-state index < -0.39 is 0 Å². The van der Waals surface area contributed by atoms with E-state index in [2.05, 4.69) is 51.4 Å². The van der Waals surface area contributed by atoms with E-state index in [1.54, 1.807) is 0 Å². The Balaban J connectivity index is 1.68. The highest BCUT2D eigenvalue weighted by atomic mass is 79.9. The Morgan fingerprint density at radius 2 is 2.12 bits per heavy atom. The normalized spacial score (nSPS) is 15.4. The van der Waals surface area contributed by atoms with E-state index in [9.17, 15) is 0 Å². The van der Waals surface area contributed by atoms with Gasteiger partial charge in [0.1, 0.15) is 0 Å². The van der Waals surface area contributed by atoms with Gasteiger partial charge < -0.3 is 10.2 Å². The maximum atomic E-state index is 3.54. The third-order valence-electron chi connectivity index (χ3n) is 2.95. The van der Waals surface area contributed by atoms with Crippen LogP contribution in [0.2, 0.25) is 0 Å². The van der Waals surface area contributed by atoms with Crippen molar-refractivity contribution >= 4 is 21.6 Å². The lowest BCUT2D eigenvalue weighted by molar-refractivity contribution is 0.332. The van der Waals surface area contributed by atoms with Crippen molar-refractivity contribution in [3.63, 3.8) is 0 Å². The van der Waals surface area contributed by atoms with Crippen molar-refractivity contribution in [2.75, 3.05) is 32.0 Å². The molecule has 1 aromatic rings. The van der Waals surface area contributed by atoms with Crippen molar-refractivity contribution in [3.8, 4) is 0 Å². The van der Waals surface area contributed by atoms with E-state index in [1.807, 2.05) is 6.07 Å². The third kappa shape index (κ3) is 3.80. The molecule has 0 atom stereocenters. The minimum atomic E-state index is 0.980. The lowest BCUT2D eigenvalue weighted by atomic mass is 10.3. The summed E-state index contributed by atoms with van der Waals surface area (Å²) in [7, 11) is 2.21. The van der Waals surface area contributed by atoms with Crippen molar-refractivity contribution in [1.82, 2.24) is 4.90 Å². The van der Waals surface area contributed by atoms with E-state index in [4.69, 9.17) is 0 Å². The zero-order valence-corrected chi connectivity index (χ0v) is 11.3. The number of halogens is 1. The van der Waals surface area contributed by atoms with Gasteiger partial charge in [0.25, 0.3) is 0 Å². The SMILES string of the molecule is CN(CCNc1ccccc1Br)CC1CC1. The highest BCUT2D eigenvalue weighted by Gasteiger charge is 2.22. The highest BCUT2D eigenvalue weighted by molar-refractivity contribution is 9.10. The molecule has 0 bridgehead atoms. The van der Waals surface area contributed by atoms with Gasteiger partial charge in [-0.15, -0.1) is 0 Å². The Hall–Kier alpha value is -0.540. The summed E-state index contributed by atoms with van der Waals surface area (Å²) in [6.45, 7) is 3.38. The average Bonchev–Trinajstić information content (AvgIpc) is 3.05. The molecule has 3 heteroatoms. The Kier molecular flexibility index (Phi) is 4.24. The van der Waals surface area contributed by atoms with Crippen LogP contribution in [-0.2, 0) is 0 Å². The van der Waals surface area contributed by atoms with Crippen molar-refractivity contribution < 1.29 is 0 Å². The van der Waals surface area contributed by atoms with E-state index in [-0.39, 0.29) is 0 Å². The van der Waals surface area contributed by atoms with Crippen LogP contribution in [0.3, 0.4) is 0 Å². The van der Waals surface area contributed by atoms with E-state index in [0.29, 0.717) is 0 Å². The van der Waals surface area contributed by atoms with Gasteiger partial charge in [0.05, 0.1) is 0 Å². The molecule has 0 aromatic heterocycles. The molecular weight excluding hydrogens is 264 g/mol. The maximum Gasteiger partial charge on any atom is 0.0485 e. The van der Waals surface area contributed by atoms with Crippen molar-refractivity contribution in [1.29, 1.82) is 0 Å². The number of nitrogens with zero attached hydrogens (tertiary/aromatic N) is 1. The van der Waals surface area contributed by atoms with Gasteiger partial charge in [0.15, 0.2) is 0 Å². The van der Waals surface area contributed by atoms with Crippen LogP contribution < -0.4 is 5.32 Å². The summed E-state index contributed by atoms with van der Waals surface area (Å²) in [6, 6.07) is 8.26. The van der Waals surface area contributed by atoms with Crippen molar-refractivity contribution in [3.05, 3.63) is 28.7 Å². The first-order valence-corrected chi connectivity index (χ1v) is 6.72. The summed E-state index contributed by atoms with van der Waals surface area (Å²) in [5.74, 6) is 0.980. The number of likely N-dealkylation sites (N-methyl/N-ethyl adjacent to an activating group) is 1. The van der Waals surface area contributed by atoms with Gasteiger partial charge in [-0.25, -0.2) is 0 Å². The summed E-state index contributed by atoms with van der Waals surface area (Å²) in [5, 5.41) is 3.45. The molecular formula is C13H19BrN2. The molecule has 1 fully saturated rings. The first-order valence-electron chi connectivity index (χ1n) is 5.92. The van der Waals surface area contributed by atoms with Gasteiger partial charge in [-0.3, -0.25) is 0 Å². The predicted octanol–water partition coefficient (Wildman–Crippen LogP) is 3.20. The summed E-state index contributed by atoms with van der Waals surface area (Å²) in [4.78, 5) is 2.42. The summed E-state index contributed by atoms with van der Waals surface area (Å²) in [5.41, 5.74) is 1.18. The van der Waals surface area contributed by atoms with Gasteiger partial charge in [-0.2, -0.15) is 0 Å². The minimum Gasteiger partial charge on any atom is -0.383 e. The molecule has 1 N–H and O–H groups in total. The number of benzene rings is 1. The van der Waals surface area contributed by atoms with Crippen LogP contribution in [0.5, 0.6) is 0 Å². The van der Waals surface area contributed by atoms with Gasteiger partial charge in [-0.1, -0.05) is 12.1 Å². The van der Waals surface area contributed by atoms with Crippen LogP contribution in [0.25, 0.3) is 0 Å². The minimum absolute atomic E-state index is 0.980. The Bertz CT molecular complexity index is 336. The van der Waals surface area contributed by atoms with Gasteiger partial charge >= 0.3 is 0 Å². The molecule has 0 amide bonds. The Morgan fingerprint density at radius 3 is 2.81 bits per heavy atom. The second-order valence-corrected chi connectivity index (χ2v) is 5.47. The summed E-state index contributed by atoms with van der Waals surface area (Å²) < 4.78 is 1.14. The summed E-state index contributed by atoms with van der Waals surface area (Å²) >= 11 is 3.54. The average molecular weight is 283 g/mol. The molecule has 2 nitrogen and oxygen atoms in total. The van der Waals surface area contributed by atoms with Crippen LogP contribution in [0, 0.1) is 5.92 Å². The van der Waals surface area contributed by atoms with Crippen LogP contribution in [0.15, 0.2) is 28.7 Å². The van der Waals surface area contributed by atoms with Crippen LogP contribution in [0.1, 0.15) is 12.8 Å². The Labute approximate surface area is 106 Å². The van der Waals surface area contributed by atoms with Crippen LogP contribution in [0.4, 0.5) is 5.69 Å². The summed E-state index contributed by atoms with van der Waals surface area (Å²) in [6.07, 6.45) is 2.87. The molecule has 0 radical (unpaired) electrons. The quantitative estimate of drug-likeness (QED) is 0.862. The monoisotopic (exact) mass is 282 g/mol. The van der Waals surface area contributed by atoms with Crippen LogP contribution in [-0.4, -0.2) is 31.6 Å². The van der Waals surface area contributed by atoms with E-state index >= 15 is 0 Å². The number of hydrogen-bond donors (Lipinski definition) is 1. The molecule has 2 rings (SSSR count). The number of rotatable bonds is 6. The van der Waals surface area contributed by atoms with Crippen molar-refractivity contribution in [2.24, 2.45) is 5.92 Å². The smallest absolute Gasteiger partial charge is 0.0485 e. The third-order valence-corrected chi connectivity index (χ3v) is 3.64. The first kappa shape index (κ1) is 11.9. The molecule has 1 aliphatic rings. The van der Waals surface area contributed by atoms with Gasteiger partial charge in [0, 0.05) is 29.8 Å². The van der Waals surface area contributed by atoms with Gasteiger partial charge in [0.2, 0.25) is 0 Å². The molecule has 0 heterocycles. The second-order valence-electron chi connectivity index (χ2n) is 4.61. The standard InChI is InChI=1S/C13H19BrN2/c1-16(10-11-6-7-11)9-8-15-13-5-3-2-4-12(13)14/h2-5,11,15H,6-10H2,1H3. The number of nitrogens with one attached hydrogen (secondary N) is 1.